The number of nitrogens with zero attached hydrogens (tertiary/aromatic N) is 5. The summed E-state index contributed by atoms with van der Waals surface area (Å²) in [6.07, 6.45) is 1.68. The van der Waals surface area contributed by atoms with Crippen molar-refractivity contribution in [1.82, 2.24) is 24.5 Å². The predicted molar refractivity (Wildman–Crippen MR) is 113 cm³/mol. The standard InChI is InChI=1S/C22H24N6O/c1-13-7-6-8-17(9-13)12-28-16(4)20(15(3)26-28)25-22(29)18-10-14(2)24-21-19(18)11-23-27(21)5/h6-11H,12H2,1-5H3,(H,25,29). The minimum absolute atomic E-state index is 0.185. The van der Waals surface area contributed by atoms with Crippen molar-refractivity contribution in [3.8, 4) is 0 Å². The van der Waals surface area contributed by atoms with Crippen molar-refractivity contribution >= 4 is 22.6 Å². The van der Waals surface area contributed by atoms with Gasteiger partial charge < -0.3 is 5.32 Å². The quantitative estimate of drug-likeness (QED) is 0.578. The van der Waals surface area contributed by atoms with Crippen LogP contribution in [-0.4, -0.2) is 30.5 Å². The van der Waals surface area contributed by atoms with Crippen molar-refractivity contribution in [2.75, 3.05) is 5.32 Å². The lowest BCUT2D eigenvalue weighted by Gasteiger charge is -2.09. The van der Waals surface area contributed by atoms with E-state index in [4.69, 9.17) is 0 Å². The Morgan fingerprint density at radius 2 is 1.93 bits per heavy atom. The second-order valence-electron chi connectivity index (χ2n) is 7.46. The van der Waals surface area contributed by atoms with Crippen LogP contribution in [0.5, 0.6) is 0 Å². The molecule has 1 N–H and O–H groups in total. The van der Waals surface area contributed by atoms with Gasteiger partial charge in [-0.3, -0.25) is 14.2 Å². The summed E-state index contributed by atoms with van der Waals surface area (Å²) in [7, 11) is 1.82. The zero-order valence-electron chi connectivity index (χ0n) is 17.3. The Hall–Kier alpha value is -3.48. The van der Waals surface area contributed by atoms with E-state index in [-0.39, 0.29) is 5.91 Å². The molecular formula is C22H24N6O. The summed E-state index contributed by atoms with van der Waals surface area (Å²) in [4.78, 5) is 17.6. The molecule has 7 heteroatoms. The largest absolute Gasteiger partial charge is 0.319 e. The highest BCUT2D eigenvalue weighted by molar-refractivity contribution is 6.12. The highest BCUT2D eigenvalue weighted by Gasteiger charge is 2.19. The Bertz CT molecular complexity index is 1230. The summed E-state index contributed by atoms with van der Waals surface area (Å²) < 4.78 is 3.60. The van der Waals surface area contributed by atoms with E-state index in [0.717, 1.165) is 28.2 Å². The molecule has 0 unspecified atom stereocenters. The molecule has 0 spiro atoms. The first-order valence-electron chi connectivity index (χ1n) is 9.53. The van der Waals surface area contributed by atoms with E-state index in [1.807, 2.05) is 38.6 Å². The lowest BCUT2D eigenvalue weighted by atomic mass is 10.1. The summed E-state index contributed by atoms with van der Waals surface area (Å²) in [5.41, 5.74) is 6.87. The molecule has 0 fully saturated rings. The number of rotatable bonds is 4. The SMILES string of the molecule is Cc1cccc(Cn2nc(C)c(NC(=O)c3cc(C)nc4c3cnn4C)c2C)c1. The maximum atomic E-state index is 13.1. The third-order valence-electron chi connectivity index (χ3n) is 5.11. The van der Waals surface area contributed by atoms with Crippen molar-refractivity contribution in [2.45, 2.75) is 34.2 Å². The van der Waals surface area contributed by atoms with Crippen molar-refractivity contribution in [3.63, 3.8) is 0 Å². The van der Waals surface area contributed by atoms with E-state index in [1.165, 1.54) is 11.1 Å². The molecule has 29 heavy (non-hydrogen) atoms. The molecule has 0 saturated carbocycles. The summed E-state index contributed by atoms with van der Waals surface area (Å²) in [6.45, 7) is 8.49. The number of carbonyl (C=O) groups is 1. The molecule has 0 radical (unpaired) electrons. The molecule has 1 aromatic carbocycles. The van der Waals surface area contributed by atoms with Crippen LogP contribution in [0.2, 0.25) is 0 Å². The number of carbonyl (C=O) groups excluding carboxylic acids is 1. The van der Waals surface area contributed by atoms with Crippen LogP contribution in [0.15, 0.2) is 36.5 Å². The first-order valence-corrected chi connectivity index (χ1v) is 9.53. The van der Waals surface area contributed by atoms with Gasteiger partial charge in [-0.2, -0.15) is 10.2 Å². The molecule has 3 aromatic heterocycles. The Labute approximate surface area is 169 Å². The highest BCUT2D eigenvalue weighted by Crippen LogP contribution is 2.24. The number of aromatic nitrogens is 5. The molecular weight excluding hydrogens is 364 g/mol. The topological polar surface area (TPSA) is 77.6 Å². The van der Waals surface area contributed by atoms with Gasteiger partial charge in [0.25, 0.3) is 5.91 Å². The van der Waals surface area contributed by atoms with Crippen LogP contribution in [-0.2, 0) is 13.6 Å². The van der Waals surface area contributed by atoms with Crippen LogP contribution in [0.3, 0.4) is 0 Å². The molecule has 4 rings (SSSR count). The predicted octanol–water partition coefficient (Wildman–Crippen LogP) is 3.70. The monoisotopic (exact) mass is 388 g/mol. The smallest absolute Gasteiger partial charge is 0.256 e. The second kappa shape index (κ2) is 7.16. The summed E-state index contributed by atoms with van der Waals surface area (Å²) in [6, 6.07) is 10.1. The van der Waals surface area contributed by atoms with Gasteiger partial charge in [-0.25, -0.2) is 4.98 Å². The van der Waals surface area contributed by atoms with E-state index in [0.29, 0.717) is 17.8 Å². The molecule has 0 aliphatic rings. The van der Waals surface area contributed by atoms with Crippen LogP contribution in [0.25, 0.3) is 11.0 Å². The molecule has 0 aliphatic carbocycles. The Balaban J connectivity index is 1.65. The minimum atomic E-state index is -0.185. The number of anilines is 1. The Morgan fingerprint density at radius 3 is 2.69 bits per heavy atom. The number of pyridine rings is 1. The molecule has 0 aliphatic heterocycles. The zero-order chi connectivity index (χ0) is 20.7. The lowest BCUT2D eigenvalue weighted by molar-refractivity contribution is 0.102. The molecule has 0 saturated heterocycles. The number of benzene rings is 1. The van der Waals surface area contributed by atoms with Crippen LogP contribution in [0, 0.1) is 27.7 Å². The molecule has 1 amide bonds. The summed E-state index contributed by atoms with van der Waals surface area (Å²) >= 11 is 0. The number of hydrogen-bond acceptors (Lipinski definition) is 4. The van der Waals surface area contributed by atoms with E-state index in [2.05, 4.69) is 45.6 Å². The first-order chi connectivity index (χ1) is 13.8. The van der Waals surface area contributed by atoms with Crippen molar-refractivity contribution in [3.05, 3.63) is 70.3 Å². The zero-order valence-corrected chi connectivity index (χ0v) is 17.3. The fourth-order valence-corrected chi connectivity index (χ4v) is 3.62. The number of hydrogen-bond donors (Lipinski definition) is 1. The van der Waals surface area contributed by atoms with Crippen molar-refractivity contribution < 1.29 is 4.79 Å². The summed E-state index contributed by atoms with van der Waals surface area (Å²) in [5.74, 6) is -0.185. The van der Waals surface area contributed by atoms with Crippen LogP contribution in [0.4, 0.5) is 5.69 Å². The van der Waals surface area contributed by atoms with E-state index < -0.39 is 0 Å². The van der Waals surface area contributed by atoms with Gasteiger partial charge in [0.1, 0.15) is 0 Å². The van der Waals surface area contributed by atoms with Gasteiger partial charge in [-0.1, -0.05) is 29.8 Å². The molecule has 0 bridgehead atoms. The van der Waals surface area contributed by atoms with Crippen LogP contribution >= 0.6 is 0 Å². The molecule has 3 heterocycles. The van der Waals surface area contributed by atoms with Crippen LogP contribution in [0.1, 0.15) is 38.6 Å². The Kier molecular flexibility index (Phi) is 4.66. The number of fused-ring (bicyclic) bond motifs is 1. The molecule has 4 aromatic rings. The fraction of sp³-hybridized carbons (Fsp3) is 0.273. The number of aryl methyl sites for hydroxylation is 4. The van der Waals surface area contributed by atoms with Gasteiger partial charge in [0.15, 0.2) is 5.65 Å². The minimum Gasteiger partial charge on any atom is -0.319 e. The number of nitrogens with one attached hydrogen (secondary N) is 1. The average Bonchev–Trinajstić information content (AvgIpc) is 3.16. The Morgan fingerprint density at radius 1 is 1.14 bits per heavy atom. The third-order valence-corrected chi connectivity index (χ3v) is 5.11. The van der Waals surface area contributed by atoms with Gasteiger partial charge >= 0.3 is 0 Å². The number of amides is 1. The van der Waals surface area contributed by atoms with Gasteiger partial charge in [-0.15, -0.1) is 0 Å². The van der Waals surface area contributed by atoms with E-state index >= 15 is 0 Å². The lowest BCUT2D eigenvalue weighted by Crippen LogP contribution is -2.14. The van der Waals surface area contributed by atoms with Crippen molar-refractivity contribution in [1.29, 1.82) is 0 Å². The van der Waals surface area contributed by atoms with Gasteiger partial charge in [0, 0.05) is 12.7 Å². The highest BCUT2D eigenvalue weighted by atomic mass is 16.1. The average molecular weight is 388 g/mol. The maximum absolute atomic E-state index is 13.1. The molecule has 148 valence electrons. The van der Waals surface area contributed by atoms with Crippen LogP contribution < -0.4 is 5.32 Å². The maximum Gasteiger partial charge on any atom is 0.256 e. The van der Waals surface area contributed by atoms with Gasteiger partial charge in [-0.05, 0) is 39.3 Å². The first kappa shape index (κ1) is 18.9. The normalized spacial score (nSPS) is 11.2. The van der Waals surface area contributed by atoms with Crippen molar-refractivity contribution in [2.24, 2.45) is 7.05 Å². The van der Waals surface area contributed by atoms with E-state index in [9.17, 15) is 4.79 Å². The molecule has 0 atom stereocenters. The van der Waals surface area contributed by atoms with E-state index in [1.54, 1.807) is 16.9 Å². The van der Waals surface area contributed by atoms with Gasteiger partial charge in [0.05, 0.1) is 40.8 Å². The second-order valence-corrected chi connectivity index (χ2v) is 7.46. The summed E-state index contributed by atoms with van der Waals surface area (Å²) in [5, 5.41) is 12.7. The van der Waals surface area contributed by atoms with Gasteiger partial charge in [0.2, 0.25) is 0 Å². The molecule has 7 nitrogen and oxygen atoms in total. The fourth-order valence-electron chi connectivity index (χ4n) is 3.62. The third kappa shape index (κ3) is 3.51.